The average molecular weight is 201 g/mol. The lowest BCUT2D eigenvalue weighted by Gasteiger charge is -2.07. The van der Waals surface area contributed by atoms with Crippen LogP contribution in [0.1, 0.15) is 25.7 Å². The van der Waals surface area contributed by atoms with Gasteiger partial charge in [-0.25, -0.2) is 0 Å². The third-order valence-electron chi connectivity index (χ3n) is 2.72. The summed E-state index contributed by atoms with van der Waals surface area (Å²) in [5, 5.41) is 3.36. The quantitative estimate of drug-likeness (QED) is 0.603. The van der Waals surface area contributed by atoms with Crippen LogP contribution in [-0.2, 0) is 9.47 Å². The molecule has 0 aromatic heterocycles. The van der Waals surface area contributed by atoms with Crippen molar-refractivity contribution in [2.75, 3.05) is 40.0 Å². The van der Waals surface area contributed by atoms with Crippen molar-refractivity contribution in [3.05, 3.63) is 0 Å². The van der Waals surface area contributed by atoms with Crippen molar-refractivity contribution in [2.24, 2.45) is 5.92 Å². The molecule has 1 unspecified atom stereocenters. The molecule has 0 bridgehead atoms. The number of ether oxygens (including phenoxy) is 2. The summed E-state index contributed by atoms with van der Waals surface area (Å²) in [5.74, 6) is 0.842. The molecule has 0 aromatic carbocycles. The second-order valence-corrected chi connectivity index (χ2v) is 3.97. The minimum atomic E-state index is 0.816. The van der Waals surface area contributed by atoms with E-state index in [0.29, 0.717) is 0 Å². The maximum atomic E-state index is 5.34. The second kappa shape index (κ2) is 8.21. The summed E-state index contributed by atoms with van der Waals surface area (Å²) in [4.78, 5) is 0. The van der Waals surface area contributed by atoms with E-state index >= 15 is 0 Å². The second-order valence-electron chi connectivity index (χ2n) is 3.97. The fourth-order valence-corrected chi connectivity index (χ4v) is 1.79. The Labute approximate surface area is 87.2 Å². The minimum absolute atomic E-state index is 0.816. The monoisotopic (exact) mass is 201 g/mol. The summed E-state index contributed by atoms with van der Waals surface area (Å²) in [7, 11) is 1.74. The van der Waals surface area contributed by atoms with Gasteiger partial charge in [0.2, 0.25) is 0 Å². The van der Waals surface area contributed by atoms with Crippen molar-refractivity contribution in [1.82, 2.24) is 5.32 Å². The molecule has 0 amide bonds. The smallest absolute Gasteiger partial charge is 0.0587 e. The summed E-state index contributed by atoms with van der Waals surface area (Å²) in [6.07, 6.45) is 5.22. The van der Waals surface area contributed by atoms with Crippen LogP contribution in [-0.4, -0.2) is 40.0 Å². The molecule has 1 N–H and O–H groups in total. The normalized spacial score (nSPS) is 21.6. The Bertz CT molecular complexity index is 124. The topological polar surface area (TPSA) is 30.5 Å². The summed E-state index contributed by atoms with van der Waals surface area (Å²) in [5.41, 5.74) is 0. The molecule has 1 rings (SSSR count). The van der Waals surface area contributed by atoms with Gasteiger partial charge in [0.1, 0.15) is 0 Å². The van der Waals surface area contributed by atoms with E-state index in [1.165, 1.54) is 25.7 Å². The van der Waals surface area contributed by atoms with Crippen molar-refractivity contribution in [2.45, 2.75) is 25.7 Å². The molecule has 1 aliphatic rings. The van der Waals surface area contributed by atoms with Gasteiger partial charge in [-0.2, -0.15) is 0 Å². The van der Waals surface area contributed by atoms with Gasteiger partial charge in [0.05, 0.1) is 6.61 Å². The first kappa shape index (κ1) is 12.0. The third-order valence-corrected chi connectivity index (χ3v) is 2.72. The predicted octanol–water partition coefficient (Wildman–Crippen LogP) is 1.43. The number of hydrogen-bond acceptors (Lipinski definition) is 3. The van der Waals surface area contributed by atoms with Crippen molar-refractivity contribution < 1.29 is 9.47 Å². The Morgan fingerprint density at radius 3 is 3.00 bits per heavy atom. The molecule has 14 heavy (non-hydrogen) atoms. The SMILES string of the molecule is COCCNCCCCC1CCOC1. The maximum Gasteiger partial charge on any atom is 0.0587 e. The highest BCUT2D eigenvalue weighted by Crippen LogP contribution is 2.18. The predicted molar refractivity (Wildman–Crippen MR) is 57.5 cm³/mol. The molecule has 0 aromatic rings. The molecule has 3 nitrogen and oxygen atoms in total. The van der Waals surface area contributed by atoms with Gasteiger partial charge in [0.15, 0.2) is 0 Å². The van der Waals surface area contributed by atoms with Crippen molar-refractivity contribution >= 4 is 0 Å². The van der Waals surface area contributed by atoms with E-state index in [-0.39, 0.29) is 0 Å². The van der Waals surface area contributed by atoms with E-state index in [1.54, 1.807) is 7.11 Å². The molecule has 1 heterocycles. The Balaban J connectivity index is 1.75. The number of rotatable bonds is 8. The first-order chi connectivity index (χ1) is 6.93. The fraction of sp³-hybridized carbons (Fsp3) is 1.00. The van der Waals surface area contributed by atoms with Crippen LogP contribution in [0.5, 0.6) is 0 Å². The van der Waals surface area contributed by atoms with Gasteiger partial charge >= 0.3 is 0 Å². The summed E-state index contributed by atoms with van der Waals surface area (Å²) in [6, 6.07) is 0. The molecule has 1 aliphatic heterocycles. The van der Waals surface area contributed by atoms with E-state index in [9.17, 15) is 0 Å². The van der Waals surface area contributed by atoms with Gasteiger partial charge in [0.25, 0.3) is 0 Å². The molecule has 0 saturated carbocycles. The van der Waals surface area contributed by atoms with Crippen molar-refractivity contribution in [3.63, 3.8) is 0 Å². The molecule has 3 heteroatoms. The number of unbranched alkanes of at least 4 members (excludes halogenated alkanes) is 1. The van der Waals surface area contributed by atoms with E-state index in [4.69, 9.17) is 9.47 Å². The van der Waals surface area contributed by atoms with Crippen LogP contribution in [0.2, 0.25) is 0 Å². The van der Waals surface area contributed by atoms with Crippen molar-refractivity contribution in [3.8, 4) is 0 Å². The molecular formula is C11H23NO2. The molecule has 0 radical (unpaired) electrons. The zero-order valence-corrected chi connectivity index (χ0v) is 9.26. The molecule has 0 spiro atoms. The molecule has 84 valence electrons. The molecule has 1 fully saturated rings. The lowest BCUT2D eigenvalue weighted by atomic mass is 10.0. The van der Waals surface area contributed by atoms with E-state index in [0.717, 1.165) is 38.8 Å². The first-order valence-electron chi connectivity index (χ1n) is 5.71. The van der Waals surface area contributed by atoms with E-state index in [1.807, 2.05) is 0 Å². The summed E-state index contributed by atoms with van der Waals surface area (Å²) >= 11 is 0. The Morgan fingerprint density at radius 2 is 2.29 bits per heavy atom. The van der Waals surface area contributed by atoms with Crippen LogP contribution in [0.3, 0.4) is 0 Å². The number of nitrogens with one attached hydrogen (secondary N) is 1. The van der Waals surface area contributed by atoms with Crippen LogP contribution in [0.25, 0.3) is 0 Å². The molecular weight excluding hydrogens is 178 g/mol. The summed E-state index contributed by atoms with van der Waals surface area (Å²) < 4.78 is 10.3. The van der Waals surface area contributed by atoms with Gasteiger partial charge in [0, 0.05) is 26.9 Å². The van der Waals surface area contributed by atoms with Gasteiger partial charge in [-0.05, 0) is 31.7 Å². The highest BCUT2D eigenvalue weighted by atomic mass is 16.5. The standard InChI is InChI=1S/C11H23NO2/c1-13-9-7-12-6-3-2-4-11-5-8-14-10-11/h11-12H,2-10H2,1H3. The third kappa shape index (κ3) is 5.58. The first-order valence-corrected chi connectivity index (χ1v) is 5.71. The Morgan fingerprint density at radius 1 is 1.36 bits per heavy atom. The fourth-order valence-electron chi connectivity index (χ4n) is 1.79. The number of methoxy groups -OCH3 is 1. The van der Waals surface area contributed by atoms with Gasteiger partial charge in [-0.1, -0.05) is 6.42 Å². The van der Waals surface area contributed by atoms with Crippen molar-refractivity contribution in [1.29, 1.82) is 0 Å². The summed E-state index contributed by atoms with van der Waals surface area (Å²) in [6.45, 7) is 4.89. The van der Waals surface area contributed by atoms with Crippen LogP contribution in [0.15, 0.2) is 0 Å². The lowest BCUT2D eigenvalue weighted by Crippen LogP contribution is -2.20. The van der Waals surface area contributed by atoms with Crippen LogP contribution < -0.4 is 5.32 Å². The lowest BCUT2D eigenvalue weighted by molar-refractivity contribution is 0.183. The van der Waals surface area contributed by atoms with Crippen LogP contribution >= 0.6 is 0 Å². The zero-order valence-electron chi connectivity index (χ0n) is 9.26. The zero-order chi connectivity index (χ0) is 10.1. The minimum Gasteiger partial charge on any atom is -0.383 e. The van der Waals surface area contributed by atoms with Crippen LogP contribution in [0, 0.1) is 5.92 Å². The van der Waals surface area contributed by atoms with Crippen LogP contribution in [0.4, 0.5) is 0 Å². The van der Waals surface area contributed by atoms with Gasteiger partial charge < -0.3 is 14.8 Å². The Kier molecular flexibility index (Phi) is 7.01. The molecule has 0 aliphatic carbocycles. The largest absolute Gasteiger partial charge is 0.383 e. The van der Waals surface area contributed by atoms with Gasteiger partial charge in [-0.3, -0.25) is 0 Å². The highest BCUT2D eigenvalue weighted by Gasteiger charge is 2.14. The molecule has 1 atom stereocenters. The average Bonchev–Trinajstić information content (AvgIpc) is 2.69. The molecule has 1 saturated heterocycles. The van der Waals surface area contributed by atoms with E-state index < -0.39 is 0 Å². The van der Waals surface area contributed by atoms with Gasteiger partial charge in [-0.15, -0.1) is 0 Å². The van der Waals surface area contributed by atoms with E-state index in [2.05, 4.69) is 5.32 Å². The maximum absolute atomic E-state index is 5.34. The highest BCUT2D eigenvalue weighted by molar-refractivity contribution is 4.64. The Hall–Kier alpha value is -0.120. The number of hydrogen-bond donors (Lipinski definition) is 1.